The lowest BCUT2D eigenvalue weighted by Gasteiger charge is -2.30. The minimum Gasteiger partial charge on any atom is -0.486 e. The van der Waals surface area contributed by atoms with E-state index in [0.717, 1.165) is 24.1 Å². The van der Waals surface area contributed by atoms with Crippen molar-refractivity contribution in [2.75, 3.05) is 29.4 Å². The van der Waals surface area contributed by atoms with E-state index < -0.39 is 10.0 Å². The molecular weight excluding hydrogens is 392 g/mol. The molecule has 0 saturated heterocycles. The first kappa shape index (κ1) is 19.6. The van der Waals surface area contributed by atoms with Gasteiger partial charge in [0.05, 0.1) is 4.90 Å². The van der Waals surface area contributed by atoms with Crippen molar-refractivity contribution in [2.24, 2.45) is 0 Å². The quantitative estimate of drug-likeness (QED) is 0.781. The van der Waals surface area contributed by atoms with Gasteiger partial charge in [0.2, 0.25) is 5.91 Å². The van der Waals surface area contributed by atoms with E-state index in [1.807, 2.05) is 12.1 Å². The Hall–Kier alpha value is -2.74. The number of benzene rings is 2. The summed E-state index contributed by atoms with van der Waals surface area (Å²) in [6.45, 7) is 3.61. The molecule has 154 valence electrons. The fourth-order valence-corrected chi connectivity index (χ4v) is 4.65. The van der Waals surface area contributed by atoms with E-state index in [4.69, 9.17) is 9.47 Å². The van der Waals surface area contributed by atoms with Crippen LogP contribution in [0.25, 0.3) is 0 Å². The molecule has 4 rings (SSSR count). The zero-order chi connectivity index (χ0) is 20.4. The van der Waals surface area contributed by atoms with Gasteiger partial charge in [0.15, 0.2) is 11.5 Å². The average molecular weight is 416 g/mol. The van der Waals surface area contributed by atoms with Crippen molar-refractivity contribution in [1.82, 2.24) is 0 Å². The van der Waals surface area contributed by atoms with Gasteiger partial charge in [-0.25, -0.2) is 8.42 Å². The van der Waals surface area contributed by atoms with Crippen molar-refractivity contribution in [3.05, 3.63) is 42.0 Å². The highest BCUT2D eigenvalue weighted by Crippen LogP contribution is 2.34. The summed E-state index contributed by atoms with van der Waals surface area (Å²) >= 11 is 0. The third kappa shape index (κ3) is 4.03. The first-order valence-electron chi connectivity index (χ1n) is 9.84. The number of unbranched alkanes of at least 4 members (excludes halogenated alkanes) is 1. The highest BCUT2D eigenvalue weighted by Gasteiger charge is 2.25. The molecule has 0 saturated carbocycles. The molecule has 2 aliphatic rings. The number of amides is 1. The molecule has 8 heteroatoms. The normalized spacial score (nSPS) is 15.8. The summed E-state index contributed by atoms with van der Waals surface area (Å²) in [5.41, 5.74) is 2.32. The van der Waals surface area contributed by atoms with Crippen LogP contribution in [-0.2, 0) is 21.2 Å². The lowest BCUT2D eigenvalue weighted by Crippen LogP contribution is -2.35. The molecule has 1 amide bonds. The van der Waals surface area contributed by atoms with Crippen LogP contribution in [0.15, 0.2) is 41.3 Å². The van der Waals surface area contributed by atoms with E-state index in [-0.39, 0.29) is 10.8 Å². The summed E-state index contributed by atoms with van der Waals surface area (Å²) in [4.78, 5) is 14.2. The highest BCUT2D eigenvalue weighted by atomic mass is 32.2. The topological polar surface area (TPSA) is 84.9 Å². The van der Waals surface area contributed by atoms with Crippen LogP contribution >= 0.6 is 0 Å². The van der Waals surface area contributed by atoms with E-state index in [2.05, 4.69) is 11.6 Å². The Labute approximate surface area is 170 Å². The molecule has 2 aromatic rings. The molecule has 1 N–H and O–H groups in total. The van der Waals surface area contributed by atoms with Gasteiger partial charge in [0, 0.05) is 30.4 Å². The monoisotopic (exact) mass is 416 g/mol. The summed E-state index contributed by atoms with van der Waals surface area (Å²) in [7, 11) is -3.78. The fraction of sp³-hybridized carbons (Fsp3) is 0.381. The maximum absolute atomic E-state index is 12.8. The van der Waals surface area contributed by atoms with Crippen LogP contribution in [0.2, 0.25) is 0 Å². The number of aryl methyl sites for hydroxylation is 1. The minimum absolute atomic E-state index is 0.110. The Morgan fingerprint density at radius 3 is 2.62 bits per heavy atom. The van der Waals surface area contributed by atoms with Crippen LogP contribution in [0, 0.1) is 0 Å². The van der Waals surface area contributed by atoms with E-state index >= 15 is 0 Å². The van der Waals surface area contributed by atoms with Gasteiger partial charge in [-0.1, -0.05) is 13.3 Å². The Bertz CT molecular complexity index is 1040. The zero-order valence-corrected chi connectivity index (χ0v) is 17.1. The second-order valence-corrected chi connectivity index (χ2v) is 8.84. The van der Waals surface area contributed by atoms with Crippen LogP contribution in [-0.4, -0.2) is 34.1 Å². The van der Waals surface area contributed by atoms with Crippen LogP contribution in [0.3, 0.4) is 0 Å². The molecule has 0 aliphatic carbocycles. The van der Waals surface area contributed by atoms with E-state index in [0.29, 0.717) is 49.8 Å². The third-order valence-corrected chi connectivity index (χ3v) is 6.47. The van der Waals surface area contributed by atoms with Gasteiger partial charge in [0.1, 0.15) is 13.2 Å². The summed E-state index contributed by atoms with van der Waals surface area (Å²) in [5.74, 6) is 1.09. The Morgan fingerprint density at radius 1 is 1.03 bits per heavy atom. The fourth-order valence-electron chi connectivity index (χ4n) is 3.59. The number of hydrogen-bond donors (Lipinski definition) is 1. The van der Waals surface area contributed by atoms with Gasteiger partial charge in [0.25, 0.3) is 10.0 Å². The predicted molar refractivity (Wildman–Crippen MR) is 110 cm³/mol. The predicted octanol–water partition coefficient (Wildman–Crippen LogP) is 3.34. The first-order chi connectivity index (χ1) is 14.0. The molecule has 0 atom stereocenters. The average Bonchev–Trinajstić information content (AvgIpc) is 2.72. The smallest absolute Gasteiger partial charge is 0.262 e. The molecule has 2 aromatic carbocycles. The number of sulfonamides is 1. The van der Waals surface area contributed by atoms with Crippen molar-refractivity contribution in [2.45, 2.75) is 37.5 Å². The van der Waals surface area contributed by atoms with Gasteiger partial charge < -0.3 is 14.4 Å². The van der Waals surface area contributed by atoms with Crippen molar-refractivity contribution < 1.29 is 22.7 Å². The van der Waals surface area contributed by atoms with Gasteiger partial charge in [-0.3, -0.25) is 9.52 Å². The van der Waals surface area contributed by atoms with Gasteiger partial charge in [-0.05, 0) is 48.7 Å². The van der Waals surface area contributed by atoms with Crippen molar-refractivity contribution in [3.63, 3.8) is 0 Å². The molecule has 0 bridgehead atoms. The lowest BCUT2D eigenvalue weighted by molar-refractivity contribution is -0.118. The van der Waals surface area contributed by atoms with Crippen molar-refractivity contribution in [3.8, 4) is 11.5 Å². The van der Waals surface area contributed by atoms with E-state index in [1.54, 1.807) is 17.0 Å². The highest BCUT2D eigenvalue weighted by molar-refractivity contribution is 7.92. The number of hydrogen-bond acceptors (Lipinski definition) is 5. The second kappa shape index (κ2) is 7.94. The van der Waals surface area contributed by atoms with Gasteiger partial charge in [-0.2, -0.15) is 0 Å². The Kier molecular flexibility index (Phi) is 5.36. The number of carbonyl (C=O) groups excluding carboxylic acids is 1. The number of rotatable bonds is 6. The van der Waals surface area contributed by atoms with Crippen LogP contribution < -0.4 is 19.1 Å². The maximum Gasteiger partial charge on any atom is 0.262 e. The Morgan fingerprint density at radius 2 is 1.83 bits per heavy atom. The Balaban J connectivity index is 1.57. The number of anilines is 2. The molecule has 0 fully saturated rings. The lowest BCUT2D eigenvalue weighted by atomic mass is 10.00. The number of nitrogens with one attached hydrogen (secondary N) is 1. The van der Waals surface area contributed by atoms with Crippen LogP contribution in [0.5, 0.6) is 11.5 Å². The third-order valence-electron chi connectivity index (χ3n) is 5.09. The number of ether oxygens (including phenoxy) is 2. The first-order valence-corrected chi connectivity index (χ1v) is 11.3. The van der Waals surface area contributed by atoms with E-state index in [9.17, 15) is 13.2 Å². The molecule has 29 heavy (non-hydrogen) atoms. The number of carbonyl (C=O) groups is 1. The van der Waals surface area contributed by atoms with Gasteiger partial charge in [-0.15, -0.1) is 0 Å². The van der Waals surface area contributed by atoms with Crippen molar-refractivity contribution in [1.29, 1.82) is 0 Å². The molecule has 2 aliphatic heterocycles. The molecule has 7 nitrogen and oxygen atoms in total. The largest absolute Gasteiger partial charge is 0.486 e. The zero-order valence-electron chi connectivity index (χ0n) is 16.3. The summed E-state index contributed by atoms with van der Waals surface area (Å²) in [5, 5.41) is 0. The molecular formula is C21H24N2O5S. The molecule has 0 radical (unpaired) electrons. The van der Waals surface area contributed by atoms with E-state index in [1.165, 1.54) is 12.1 Å². The molecule has 0 aromatic heterocycles. The minimum atomic E-state index is -3.78. The standard InChI is InChI=1S/C21H24N2O5S/c1-2-3-10-23-18-7-5-16(13-15(18)4-9-21(23)24)22-29(25,26)17-6-8-19-20(14-17)28-12-11-27-19/h5-8,13-14,22H,2-4,9-12H2,1H3. The second-order valence-electron chi connectivity index (χ2n) is 7.15. The number of nitrogens with zero attached hydrogens (tertiary/aromatic N) is 1. The van der Waals surface area contributed by atoms with Crippen LogP contribution in [0.1, 0.15) is 31.7 Å². The number of fused-ring (bicyclic) bond motifs is 2. The molecule has 0 spiro atoms. The summed E-state index contributed by atoms with van der Waals surface area (Å²) in [6.07, 6.45) is 2.99. The summed E-state index contributed by atoms with van der Waals surface area (Å²) in [6, 6.07) is 9.92. The maximum atomic E-state index is 12.8. The summed E-state index contributed by atoms with van der Waals surface area (Å²) < 4.78 is 39.2. The molecule has 0 unspecified atom stereocenters. The van der Waals surface area contributed by atoms with Crippen molar-refractivity contribution >= 4 is 27.3 Å². The van der Waals surface area contributed by atoms with Gasteiger partial charge >= 0.3 is 0 Å². The SMILES string of the molecule is CCCCN1C(=O)CCc2cc(NS(=O)(=O)c3ccc4c(c3)OCCO4)ccc21. The van der Waals surface area contributed by atoms with Crippen LogP contribution in [0.4, 0.5) is 11.4 Å². The molecule has 2 heterocycles.